The van der Waals surface area contributed by atoms with Gasteiger partial charge >= 0.3 is 0 Å². The molecule has 0 unspecified atom stereocenters. The standard InChI is InChI=1S/C28H29FN2O3S/c29-24-10-12-25(13-11-24)35(32,33)31(15-5-14-30-16-18-34-19-17-30)21-28-26-8-3-1-6-22(26)20-23-7-2-4-9-27(23)28/h1-4,6-13,20H,5,14-19,21H2. The largest absolute Gasteiger partial charge is 0.379 e. The molecule has 5 rings (SSSR count). The molecule has 0 amide bonds. The molecule has 0 radical (unpaired) electrons. The van der Waals surface area contributed by atoms with Crippen molar-refractivity contribution in [3.8, 4) is 0 Å². The molecule has 5 nitrogen and oxygen atoms in total. The van der Waals surface area contributed by atoms with Crippen molar-refractivity contribution in [1.29, 1.82) is 0 Å². The van der Waals surface area contributed by atoms with E-state index in [-0.39, 0.29) is 11.4 Å². The van der Waals surface area contributed by atoms with Gasteiger partial charge in [-0.05, 0) is 70.4 Å². The summed E-state index contributed by atoms with van der Waals surface area (Å²) in [6.07, 6.45) is 0.698. The van der Waals surface area contributed by atoms with Gasteiger partial charge in [-0.3, -0.25) is 4.90 Å². The zero-order chi connectivity index (χ0) is 24.3. The average molecular weight is 493 g/mol. The highest BCUT2D eigenvalue weighted by Gasteiger charge is 2.26. The highest BCUT2D eigenvalue weighted by Crippen LogP contribution is 2.31. The lowest BCUT2D eigenvalue weighted by Crippen LogP contribution is -2.39. The first-order valence-electron chi connectivity index (χ1n) is 12.0. The van der Waals surface area contributed by atoms with Gasteiger partial charge in [-0.25, -0.2) is 12.8 Å². The van der Waals surface area contributed by atoms with Gasteiger partial charge in [0.25, 0.3) is 0 Å². The van der Waals surface area contributed by atoms with Crippen LogP contribution in [0.15, 0.2) is 83.8 Å². The van der Waals surface area contributed by atoms with E-state index in [4.69, 9.17) is 4.74 Å². The Morgan fingerprint density at radius 3 is 2.09 bits per heavy atom. The minimum Gasteiger partial charge on any atom is -0.379 e. The Morgan fingerprint density at radius 2 is 1.46 bits per heavy atom. The van der Waals surface area contributed by atoms with Crippen LogP contribution in [0.2, 0.25) is 0 Å². The summed E-state index contributed by atoms with van der Waals surface area (Å²) in [5.74, 6) is -0.456. The Bertz CT molecular complexity index is 1360. The number of nitrogens with zero attached hydrogens (tertiary/aromatic N) is 2. The predicted octanol–water partition coefficient (Wildman–Crippen LogP) is 5.05. The van der Waals surface area contributed by atoms with Crippen LogP contribution in [0.25, 0.3) is 21.5 Å². The van der Waals surface area contributed by atoms with Gasteiger partial charge in [0.15, 0.2) is 0 Å². The quantitative estimate of drug-likeness (QED) is 0.323. The summed E-state index contributed by atoms with van der Waals surface area (Å²) in [7, 11) is -3.83. The van der Waals surface area contributed by atoms with E-state index in [1.807, 2.05) is 36.4 Å². The molecular formula is C28H29FN2O3S. The van der Waals surface area contributed by atoms with Gasteiger partial charge in [0.05, 0.1) is 18.1 Å². The molecule has 0 spiro atoms. The van der Waals surface area contributed by atoms with E-state index < -0.39 is 15.8 Å². The first-order valence-corrected chi connectivity index (χ1v) is 13.4. The second-order valence-electron chi connectivity index (χ2n) is 8.90. The highest BCUT2D eigenvalue weighted by atomic mass is 32.2. The zero-order valence-corrected chi connectivity index (χ0v) is 20.4. The van der Waals surface area contributed by atoms with E-state index in [1.54, 1.807) is 4.31 Å². The molecule has 7 heteroatoms. The van der Waals surface area contributed by atoms with Crippen molar-refractivity contribution < 1.29 is 17.5 Å². The number of ether oxygens (including phenoxy) is 1. The Balaban J connectivity index is 1.52. The number of fused-ring (bicyclic) bond motifs is 2. The lowest BCUT2D eigenvalue weighted by molar-refractivity contribution is 0.0368. The van der Waals surface area contributed by atoms with Crippen molar-refractivity contribution in [1.82, 2.24) is 9.21 Å². The van der Waals surface area contributed by atoms with E-state index in [0.717, 1.165) is 46.7 Å². The minimum absolute atomic E-state index is 0.106. The van der Waals surface area contributed by atoms with Crippen molar-refractivity contribution >= 4 is 31.6 Å². The molecule has 4 aromatic rings. The Labute approximate surface area is 205 Å². The lowest BCUT2D eigenvalue weighted by Gasteiger charge is -2.28. The maximum atomic E-state index is 13.8. The molecule has 0 saturated carbocycles. The van der Waals surface area contributed by atoms with Crippen LogP contribution >= 0.6 is 0 Å². The summed E-state index contributed by atoms with van der Waals surface area (Å²) in [4.78, 5) is 2.41. The van der Waals surface area contributed by atoms with Gasteiger partial charge in [0.1, 0.15) is 5.82 Å². The first-order chi connectivity index (χ1) is 17.0. The van der Waals surface area contributed by atoms with Crippen LogP contribution in [0.1, 0.15) is 12.0 Å². The molecular weight excluding hydrogens is 463 g/mol. The summed E-state index contributed by atoms with van der Waals surface area (Å²) in [5.41, 5.74) is 0.982. The van der Waals surface area contributed by atoms with E-state index >= 15 is 0 Å². The molecule has 1 aliphatic heterocycles. The second kappa shape index (κ2) is 10.4. The Morgan fingerprint density at radius 1 is 0.857 bits per heavy atom. The van der Waals surface area contributed by atoms with E-state index in [0.29, 0.717) is 26.2 Å². The SMILES string of the molecule is O=S(=O)(c1ccc(F)cc1)N(CCCN1CCOCC1)Cc1c2ccccc2cc2ccccc12. The summed E-state index contributed by atoms with van der Waals surface area (Å²) in [6.45, 7) is 4.55. The fourth-order valence-electron chi connectivity index (χ4n) is 4.79. The van der Waals surface area contributed by atoms with E-state index in [9.17, 15) is 12.8 Å². The molecule has 0 atom stereocenters. The molecule has 1 saturated heterocycles. The first kappa shape index (κ1) is 23.9. The summed E-state index contributed by atoms with van der Waals surface area (Å²) in [5, 5.41) is 4.24. The number of rotatable bonds is 8. The molecule has 35 heavy (non-hydrogen) atoms. The third-order valence-electron chi connectivity index (χ3n) is 6.65. The maximum absolute atomic E-state index is 13.8. The number of benzene rings is 4. The molecule has 182 valence electrons. The number of hydrogen-bond acceptors (Lipinski definition) is 4. The Hall–Kier alpha value is -2.84. The summed E-state index contributed by atoms with van der Waals surface area (Å²) < 4.78 is 48.1. The van der Waals surface area contributed by atoms with Gasteiger partial charge in [-0.2, -0.15) is 4.31 Å². The minimum atomic E-state index is -3.83. The number of sulfonamides is 1. The molecule has 0 aromatic heterocycles. The van der Waals surface area contributed by atoms with Crippen LogP contribution < -0.4 is 0 Å². The normalized spacial score (nSPS) is 15.3. The molecule has 0 N–H and O–H groups in total. The van der Waals surface area contributed by atoms with Crippen LogP contribution in [-0.4, -0.2) is 57.0 Å². The van der Waals surface area contributed by atoms with Gasteiger partial charge in [0, 0.05) is 26.2 Å². The van der Waals surface area contributed by atoms with Gasteiger partial charge in [-0.15, -0.1) is 0 Å². The molecule has 1 heterocycles. The van der Waals surface area contributed by atoms with Crippen LogP contribution in [0.5, 0.6) is 0 Å². The second-order valence-corrected chi connectivity index (χ2v) is 10.8. The third kappa shape index (κ3) is 5.23. The molecule has 1 fully saturated rings. The lowest BCUT2D eigenvalue weighted by atomic mass is 9.97. The topological polar surface area (TPSA) is 49.9 Å². The summed E-state index contributed by atoms with van der Waals surface area (Å²) >= 11 is 0. The van der Waals surface area contributed by atoms with Crippen molar-refractivity contribution in [2.75, 3.05) is 39.4 Å². The Kier molecular flexibility index (Phi) is 7.11. The highest BCUT2D eigenvalue weighted by molar-refractivity contribution is 7.89. The fourth-order valence-corrected chi connectivity index (χ4v) is 6.24. The van der Waals surface area contributed by atoms with Crippen LogP contribution in [-0.2, 0) is 21.3 Å². The van der Waals surface area contributed by atoms with Crippen LogP contribution in [0.4, 0.5) is 4.39 Å². The average Bonchev–Trinajstić information content (AvgIpc) is 2.88. The van der Waals surface area contributed by atoms with Crippen molar-refractivity contribution in [3.05, 3.63) is 90.2 Å². The van der Waals surface area contributed by atoms with Gasteiger partial charge in [-0.1, -0.05) is 48.5 Å². The van der Waals surface area contributed by atoms with E-state index in [2.05, 4.69) is 23.1 Å². The fraction of sp³-hybridized carbons (Fsp3) is 0.286. The molecule has 1 aliphatic rings. The summed E-state index contributed by atoms with van der Waals surface area (Å²) in [6, 6.07) is 23.4. The van der Waals surface area contributed by atoms with Crippen LogP contribution in [0.3, 0.4) is 0 Å². The third-order valence-corrected chi connectivity index (χ3v) is 8.51. The van der Waals surface area contributed by atoms with Crippen molar-refractivity contribution in [2.24, 2.45) is 0 Å². The monoisotopic (exact) mass is 492 g/mol. The van der Waals surface area contributed by atoms with Crippen molar-refractivity contribution in [3.63, 3.8) is 0 Å². The number of hydrogen-bond donors (Lipinski definition) is 0. The molecule has 0 bridgehead atoms. The number of halogens is 1. The predicted molar refractivity (Wildman–Crippen MR) is 137 cm³/mol. The van der Waals surface area contributed by atoms with Gasteiger partial charge in [0.2, 0.25) is 10.0 Å². The maximum Gasteiger partial charge on any atom is 0.243 e. The van der Waals surface area contributed by atoms with Crippen LogP contribution in [0, 0.1) is 5.82 Å². The smallest absolute Gasteiger partial charge is 0.243 e. The number of morpholine rings is 1. The van der Waals surface area contributed by atoms with E-state index in [1.165, 1.54) is 24.3 Å². The molecule has 0 aliphatic carbocycles. The molecule has 4 aromatic carbocycles. The van der Waals surface area contributed by atoms with Crippen molar-refractivity contribution in [2.45, 2.75) is 17.9 Å². The zero-order valence-electron chi connectivity index (χ0n) is 19.6. The van der Waals surface area contributed by atoms with Gasteiger partial charge < -0.3 is 4.74 Å².